The van der Waals surface area contributed by atoms with Gasteiger partial charge in [-0.2, -0.15) is 0 Å². The highest BCUT2D eigenvalue weighted by Crippen LogP contribution is 2.25. The van der Waals surface area contributed by atoms with Crippen molar-refractivity contribution in [1.29, 1.82) is 0 Å². The number of carbonyl (C=O) groups excluding carboxylic acids is 2. The minimum atomic E-state index is -0.504. The molecule has 0 aliphatic carbocycles. The zero-order chi connectivity index (χ0) is 17.0. The first-order chi connectivity index (χ1) is 10.9. The number of carbonyl (C=O) groups is 2. The third-order valence-corrected chi connectivity index (χ3v) is 3.52. The lowest BCUT2D eigenvalue weighted by Gasteiger charge is -2.26. The molecule has 0 fully saturated rings. The van der Waals surface area contributed by atoms with Gasteiger partial charge in [-0.1, -0.05) is 23.2 Å². The SMILES string of the molecule is CCOC(=O)C1=C(COc2cc(Cl)cc(Cl)c2)NC(=O)NC1C. The molecule has 1 unspecified atom stereocenters. The summed E-state index contributed by atoms with van der Waals surface area (Å²) < 4.78 is 10.6. The normalized spacial score (nSPS) is 17.4. The zero-order valence-corrected chi connectivity index (χ0v) is 14.1. The van der Waals surface area contributed by atoms with E-state index >= 15 is 0 Å². The Hall–Kier alpha value is -1.92. The highest BCUT2D eigenvalue weighted by Gasteiger charge is 2.29. The molecule has 8 heteroatoms. The van der Waals surface area contributed by atoms with Crippen LogP contribution in [0.5, 0.6) is 5.75 Å². The lowest BCUT2D eigenvalue weighted by atomic mass is 10.0. The van der Waals surface area contributed by atoms with Crippen molar-refractivity contribution in [1.82, 2.24) is 10.6 Å². The Morgan fingerprint density at radius 3 is 2.52 bits per heavy atom. The van der Waals surface area contributed by atoms with Crippen LogP contribution in [0.15, 0.2) is 29.5 Å². The van der Waals surface area contributed by atoms with Crippen LogP contribution in [0, 0.1) is 0 Å². The van der Waals surface area contributed by atoms with E-state index in [1.54, 1.807) is 32.0 Å². The minimum Gasteiger partial charge on any atom is -0.487 e. The first kappa shape index (κ1) is 17.4. The fraction of sp³-hybridized carbons (Fsp3) is 0.333. The smallest absolute Gasteiger partial charge is 0.338 e. The highest BCUT2D eigenvalue weighted by molar-refractivity contribution is 6.34. The topological polar surface area (TPSA) is 76.7 Å². The van der Waals surface area contributed by atoms with Crippen molar-refractivity contribution in [2.24, 2.45) is 0 Å². The molecule has 2 rings (SSSR count). The molecular formula is C15H16Cl2N2O4. The fourth-order valence-electron chi connectivity index (χ4n) is 2.16. The quantitative estimate of drug-likeness (QED) is 0.793. The molecule has 1 aliphatic heterocycles. The van der Waals surface area contributed by atoms with E-state index in [2.05, 4.69) is 10.6 Å². The molecule has 0 aromatic heterocycles. The van der Waals surface area contributed by atoms with E-state index in [-0.39, 0.29) is 13.2 Å². The number of benzene rings is 1. The van der Waals surface area contributed by atoms with Gasteiger partial charge < -0.3 is 20.1 Å². The first-order valence-electron chi connectivity index (χ1n) is 6.97. The molecular weight excluding hydrogens is 343 g/mol. The number of hydrogen-bond acceptors (Lipinski definition) is 4. The van der Waals surface area contributed by atoms with E-state index in [1.165, 1.54) is 0 Å². The Morgan fingerprint density at radius 2 is 1.91 bits per heavy atom. The van der Waals surface area contributed by atoms with E-state index in [4.69, 9.17) is 32.7 Å². The largest absolute Gasteiger partial charge is 0.487 e. The van der Waals surface area contributed by atoms with Crippen molar-refractivity contribution in [2.45, 2.75) is 19.9 Å². The Morgan fingerprint density at radius 1 is 1.26 bits per heavy atom. The zero-order valence-electron chi connectivity index (χ0n) is 12.6. The lowest BCUT2D eigenvalue weighted by molar-refractivity contribution is -0.139. The van der Waals surface area contributed by atoms with Gasteiger partial charge in [0.25, 0.3) is 0 Å². The summed E-state index contributed by atoms with van der Waals surface area (Å²) in [7, 11) is 0. The van der Waals surface area contributed by atoms with Crippen LogP contribution in [0.25, 0.3) is 0 Å². The molecule has 124 valence electrons. The lowest BCUT2D eigenvalue weighted by Crippen LogP contribution is -2.50. The second-order valence-corrected chi connectivity index (χ2v) is 5.70. The Bertz CT molecular complexity index is 641. The average Bonchev–Trinajstić information content (AvgIpc) is 2.43. The van der Waals surface area contributed by atoms with Gasteiger partial charge in [-0.25, -0.2) is 9.59 Å². The van der Waals surface area contributed by atoms with E-state index < -0.39 is 18.0 Å². The maximum absolute atomic E-state index is 12.1. The minimum absolute atomic E-state index is 0.0252. The first-order valence-corrected chi connectivity index (χ1v) is 7.73. The number of rotatable bonds is 5. The van der Waals surface area contributed by atoms with Crippen molar-refractivity contribution in [3.05, 3.63) is 39.5 Å². The maximum Gasteiger partial charge on any atom is 0.338 e. The standard InChI is InChI=1S/C15H16Cl2N2O4/c1-3-22-14(20)13-8(2)18-15(21)19-12(13)7-23-11-5-9(16)4-10(17)6-11/h4-6,8H,3,7H2,1-2H3,(H2,18,19,21). The molecule has 0 radical (unpaired) electrons. The summed E-state index contributed by atoms with van der Waals surface area (Å²) in [6.07, 6.45) is 0. The van der Waals surface area contributed by atoms with Crippen LogP contribution in [-0.2, 0) is 9.53 Å². The summed E-state index contributed by atoms with van der Waals surface area (Å²) in [6, 6.07) is 3.86. The van der Waals surface area contributed by atoms with E-state index in [0.29, 0.717) is 27.1 Å². The van der Waals surface area contributed by atoms with Gasteiger partial charge in [0.15, 0.2) is 0 Å². The number of hydrogen-bond donors (Lipinski definition) is 2. The summed E-state index contributed by atoms with van der Waals surface area (Å²) in [5.74, 6) is -0.0751. The summed E-state index contributed by atoms with van der Waals surface area (Å²) >= 11 is 11.8. The van der Waals surface area contributed by atoms with Crippen LogP contribution in [0.2, 0.25) is 10.0 Å². The number of ether oxygens (including phenoxy) is 2. The van der Waals surface area contributed by atoms with Crippen molar-refractivity contribution in [3.8, 4) is 5.75 Å². The highest BCUT2D eigenvalue weighted by atomic mass is 35.5. The van der Waals surface area contributed by atoms with Crippen molar-refractivity contribution in [2.75, 3.05) is 13.2 Å². The van der Waals surface area contributed by atoms with E-state index in [0.717, 1.165) is 0 Å². The van der Waals surface area contributed by atoms with Crippen LogP contribution in [0.4, 0.5) is 4.79 Å². The second-order valence-electron chi connectivity index (χ2n) is 4.83. The van der Waals surface area contributed by atoms with Gasteiger partial charge in [-0.05, 0) is 32.0 Å². The van der Waals surface area contributed by atoms with Gasteiger partial charge in [-0.15, -0.1) is 0 Å². The molecule has 1 heterocycles. The van der Waals surface area contributed by atoms with Crippen LogP contribution in [0.1, 0.15) is 13.8 Å². The third kappa shape index (κ3) is 4.53. The molecule has 0 bridgehead atoms. The molecule has 23 heavy (non-hydrogen) atoms. The van der Waals surface area contributed by atoms with E-state index in [9.17, 15) is 9.59 Å². The van der Waals surface area contributed by atoms with Crippen LogP contribution >= 0.6 is 23.2 Å². The monoisotopic (exact) mass is 358 g/mol. The molecule has 0 spiro atoms. The molecule has 1 aromatic rings. The molecule has 2 N–H and O–H groups in total. The Labute approximate surface area is 143 Å². The van der Waals surface area contributed by atoms with Gasteiger partial charge in [0.05, 0.1) is 23.9 Å². The van der Waals surface area contributed by atoms with Crippen molar-refractivity contribution >= 4 is 35.2 Å². The molecule has 1 aliphatic rings. The van der Waals surface area contributed by atoms with Crippen molar-refractivity contribution < 1.29 is 19.1 Å². The van der Waals surface area contributed by atoms with Crippen LogP contribution in [0.3, 0.4) is 0 Å². The number of nitrogens with one attached hydrogen (secondary N) is 2. The number of halogens is 2. The van der Waals surface area contributed by atoms with Gasteiger partial charge in [-0.3, -0.25) is 0 Å². The predicted octanol–water partition coefficient (Wildman–Crippen LogP) is 2.89. The summed E-state index contributed by atoms with van der Waals surface area (Å²) in [5.41, 5.74) is 0.662. The molecule has 1 atom stereocenters. The predicted molar refractivity (Wildman–Crippen MR) is 86.7 cm³/mol. The molecule has 6 nitrogen and oxygen atoms in total. The molecule has 0 saturated carbocycles. The average molecular weight is 359 g/mol. The summed E-state index contributed by atoms with van der Waals surface area (Å²) in [4.78, 5) is 23.7. The fourth-order valence-corrected chi connectivity index (χ4v) is 2.67. The number of amides is 2. The van der Waals surface area contributed by atoms with Gasteiger partial charge in [0, 0.05) is 10.0 Å². The van der Waals surface area contributed by atoms with Gasteiger partial charge in [0.1, 0.15) is 12.4 Å². The number of esters is 1. The summed E-state index contributed by atoms with van der Waals surface area (Å²) in [5, 5.41) is 6.03. The Balaban J connectivity index is 2.22. The second kappa shape index (κ2) is 7.57. The van der Waals surface area contributed by atoms with E-state index in [1.807, 2.05) is 0 Å². The third-order valence-electron chi connectivity index (χ3n) is 3.08. The maximum atomic E-state index is 12.1. The van der Waals surface area contributed by atoms with Gasteiger partial charge >= 0.3 is 12.0 Å². The van der Waals surface area contributed by atoms with Gasteiger partial charge in [0.2, 0.25) is 0 Å². The molecule has 1 aromatic carbocycles. The van der Waals surface area contributed by atoms with Crippen molar-refractivity contribution in [3.63, 3.8) is 0 Å². The van der Waals surface area contributed by atoms with Crippen LogP contribution < -0.4 is 15.4 Å². The van der Waals surface area contributed by atoms with Crippen LogP contribution in [-0.4, -0.2) is 31.3 Å². The number of urea groups is 1. The Kier molecular flexibility index (Phi) is 5.74. The summed E-state index contributed by atoms with van der Waals surface area (Å²) in [6.45, 7) is 3.62. The molecule has 0 saturated heterocycles. The molecule has 2 amide bonds.